The van der Waals surface area contributed by atoms with Crippen molar-refractivity contribution < 1.29 is 88.8 Å². The van der Waals surface area contributed by atoms with E-state index in [1.54, 1.807) is 6.92 Å². The molecule has 2 aliphatic heterocycles. The van der Waals surface area contributed by atoms with E-state index in [1.165, 1.54) is 33.2 Å². The third kappa shape index (κ3) is 7.16. The number of nitrogens with one attached hydrogen (secondary N) is 2. The van der Waals surface area contributed by atoms with Crippen molar-refractivity contribution in [1.29, 1.82) is 0 Å². The average molecular weight is 856 g/mol. The van der Waals surface area contributed by atoms with E-state index >= 15 is 0 Å². The molecule has 3 aromatic carbocycles. The van der Waals surface area contributed by atoms with Crippen LogP contribution in [0.2, 0.25) is 0 Å². The number of methoxy groups -OCH3 is 1. The number of aromatic hydroxyl groups is 3. The molecule has 0 spiro atoms. The van der Waals surface area contributed by atoms with Crippen LogP contribution >= 0.6 is 0 Å². The summed E-state index contributed by atoms with van der Waals surface area (Å²) in [4.78, 5) is 53.6. The number of benzene rings is 3. The molecule has 3 aromatic rings. The minimum Gasteiger partial charge on any atom is -0.507 e. The molecule has 0 unspecified atom stereocenters. The first-order valence-electron chi connectivity index (χ1n) is 19.0. The van der Waals surface area contributed by atoms with Gasteiger partial charge in [0.05, 0.1) is 42.6 Å². The first kappa shape index (κ1) is 43.8. The van der Waals surface area contributed by atoms with Crippen LogP contribution in [-0.4, -0.2) is 158 Å². The molecule has 12 atom stereocenters. The number of carboxylic acid groups (broad SMARTS) is 1. The molecular weight excluding hydrogens is 810 g/mol. The van der Waals surface area contributed by atoms with Crippen molar-refractivity contribution in [2.75, 3.05) is 27.3 Å². The van der Waals surface area contributed by atoms with Gasteiger partial charge < -0.3 is 86.0 Å². The van der Waals surface area contributed by atoms with Gasteiger partial charge in [0.2, 0.25) is 0 Å². The normalized spacial score (nSPS) is 29.8. The molecule has 2 aliphatic carbocycles. The number of carbonyl (C=O) groups excluding carboxylic acids is 3. The Kier molecular flexibility index (Phi) is 11.9. The van der Waals surface area contributed by atoms with Gasteiger partial charge in [-0.3, -0.25) is 14.4 Å². The van der Waals surface area contributed by atoms with Gasteiger partial charge in [-0.1, -0.05) is 6.07 Å². The molecule has 328 valence electrons. The van der Waals surface area contributed by atoms with Gasteiger partial charge in [-0.05, 0) is 49.7 Å². The number of aryl methyl sites for hydroxylation is 1. The SMILES string of the molecule is CN[C@@H]1[C@H](O[C@@H]2OC[C@@H](O)[C@H](O)[C@H]2O)[C@@H](O)[C@H](O[C@H]2c3cc(C)c(C(=O)N[C@@H](CN)C(=O)O)c(O)c3-c3c(cc4c(c3O)C(=O)c3cc(OC)cc(O)c3C4=O)[C@@H]2O)O[C@@H]1C. The van der Waals surface area contributed by atoms with E-state index in [2.05, 4.69) is 10.6 Å². The number of hydrogen-bond donors (Lipinski definition) is 12. The maximum absolute atomic E-state index is 14.1. The number of likely N-dealkylation sites (N-methyl/N-ethyl adjacent to an activating group) is 1. The first-order chi connectivity index (χ1) is 28.9. The van der Waals surface area contributed by atoms with Crippen molar-refractivity contribution >= 4 is 23.4 Å². The second kappa shape index (κ2) is 16.5. The first-order valence-corrected chi connectivity index (χ1v) is 19.0. The largest absolute Gasteiger partial charge is 0.507 e. The summed E-state index contributed by atoms with van der Waals surface area (Å²) in [5.74, 6) is -6.87. The van der Waals surface area contributed by atoms with Gasteiger partial charge in [-0.15, -0.1) is 0 Å². The van der Waals surface area contributed by atoms with Crippen LogP contribution < -0.4 is 21.1 Å². The van der Waals surface area contributed by atoms with Gasteiger partial charge in [0, 0.05) is 34.9 Å². The van der Waals surface area contributed by atoms with E-state index in [9.17, 15) is 65.1 Å². The minimum atomic E-state index is -1.91. The van der Waals surface area contributed by atoms with Crippen LogP contribution in [0.1, 0.15) is 78.0 Å². The molecule has 21 heteroatoms. The van der Waals surface area contributed by atoms with E-state index in [1.807, 2.05) is 0 Å². The van der Waals surface area contributed by atoms with Crippen molar-refractivity contribution in [3.05, 3.63) is 68.8 Å². The van der Waals surface area contributed by atoms with Crippen LogP contribution in [0.25, 0.3) is 11.1 Å². The van der Waals surface area contributed by atoms with Gasteiger partial charge in [0.25, 0.3) is 5.91 Å². The lowest BCUT2D eigenvalue weighted by Crippen LogP contribution is -2.65. The van der Waals surface area contributed by atoms with Crippen LogP contribution in [0.5, 0.6) is 23.0 Å². The van der Waals surface area contributed by atoms with E-state index < -0.39 is 161 Å². The summed E-state index contributed by atoms with van der Waals surface area (Å²) in [6.45, 7) is 2.01. The number of phenols is 3. The fourth-order valence-corrected chi connectivity index (χ4v) is 8.42. The van der Waals surface area contributed by atoms with Crippen LogP contribution in [-0.2, 0) is 23.7 Å². The summed E-state index contributed by atoms with van der Waals surface area (Å²) in [6, 6.07) is 2.21. The molecule has 21 nitrogen and oxygen atoms in total. The Hall–Kier alpha value is -5.30. The summed E-state index contributed by atoms with van der Waals surface area (Å²) in [5.41, 5.74) is 1.99. The zero-order valence-corrected chi connectivity index (χ0v) is 32.9. The number of aliphatic hydroxyl groups is 5. The molecule has 2 fully saturated rings. The lowest BCUT2D eigenvalue weighted by Gasteiger charge is -2.47. The second-order valence-electron chi connectivity index (χ2n) is 15.2. The molecule has 7 rings (SSSR count). The number of fused-ring (bicyclic) bond motifs is 5. The summed E-state index contributed by atoms with van der Waals surface area (Å²) in [7, 11) is 2.79. The molecule has 13 N–H and O–H groups in total. The molecule has 4 aliphatic rings. The van der Waals surface area contributed by atoms with Gasteiger partial charge in [-0.25, -0.2) is 4.79 Å². The predicted molar refractivity (Wildman–Crippen MR) is 204 cm³/mol. The van der Waals surface area contributed by atoms with Crippen molar-refractivity contribution in [2.45, 2.75) is 87.3 Å². The maximum Gasteiger partial charge on any atom is 0.327 e. The van der Waals surface area contributed by atoms with E-state index in [-0.39, 0.29) is 28.0 Å². The van der Waals surface area contributed by atoms with E-state index in [0.717, 1.165) is 12.1 Å². The minimum absolute atomic E-state index is 0.00141. The van der Waals surface area contributed by atoms with Crippen molar-refractivity contribution in [3.63, 3.8) is 0 Å². The van der Waals surface area contributed by atoms with Crippen molar-refractivity contribution in [3.8, 4) is 34.1 Å². The van der Waals surface area contributed by atoms with Gasteiger partial charge in [0.15, 0.2) is 24.1 Å². The number of rotatable bonds is 10. The van der Waals surface area contributed by atoms with Crippen LogP contribution in [0.15, 0.2) is 24.3 Å². The molecule has 2 heterocycles. The van der Waals surface area contributed by atoms with Crippen LogP contribution in [0.4, 0.5) is 0 Å². The smallest absolute Gasteiger partial charge is 0.327 e. The Labute approximate surface area is 345 Å². The number of aliphatic hydroxyl groups excluding tert-OH is 5. The third-order valence-corrected chi connectivity index (χ3v) is 11.5. The Morgan fingerprint density at radius 2 is 1.52 bits per heavy atom. The monoisotopic (exact) mass is 855 g/mol. The van der Waals surface area contributed by atoms with Crippen LogP contribution in [0.3, 0.4) is 0 Å². The zero-order chi connectivity index (χ0) is 44.5. The molecule has 1 amide bonds. The van der Waals surface area contributed by atoms with Gasteiger partial charge in [-0.2, -0.15) is 0 Å². The van der Waals surface area contributed by atoms with E-state index in [0.29, 0.717) is 0 Å². The highest BCUT2D eigenvalue weighted by Gasteiger charge is 2.51. The number of ketones is 2. The highest BCUT2D eigenvalue weighted by atomic mass is 16.7. The highest BCUT2D eigenvalue weighted by Crippen LogP contribution is 2.57. The van der Waals surface area contributed by atoms with Crippen LogP contribution in [0, 0.1) is 6.92 Å². The number of phenolic OH excluding ortho intramolecular Hbond substituents is 3. The Balaban J connectivity index is 1.37. The molecule has 2 saturated heterocycles. The number of carbonyl (C=O) groups is 4. The second-order valence-corrected chi connectivity index (χ2v) is 15.2. The number of hydrogen-bond acceptors (Lipinski definition) is 19. The zero-order valence-electron chi connectivity index (χ0n) is 32.9. The number of nitrogens with two attached hydrogens (primary N) is 1. The average Bonchev–Trinajstić information content (AvgIpc) is 3.21. The fraction of sp³-hybridized carbons (Fsp3) is 0.450. The molecule has 0 radical (unpaired) electrons. The number of amides is 1. The molecule has 0 saturated carbocycles. The number of carboxylic acids is 1. The quantitative estimate of drug-likeness (QED) is 0.0848. The van der Waals surface area contributed by atoms with E-state index in [4.69, 9.17) is 29.4 Å². The lowest BCUT2D eigenvalue weighted by atomic mass is 9.74. The Morgan fingerprint density at radius 3 is 2.16 bits per heavy atom. The van der Waals surface area contributed by atoms with Crippen molar-refractivity contribution in [2.24, 2.45) is 5.73 Å². The molecule has 0 bridgehead atoms. The molecule has 61 heavy (non-hydrogen) atoms. The summed E-state index contributed by atoms with van der Waals surface area (Å²) in [5, 5.41) is 104. The highest BCUT2D eigenvalue weighted by molar-refractivity contribution is 6.31. The summed E-state index contributed by atoms with van der Waals surface area (Å²) in [6.07, 6.45) is -15.6. The van der Waals surface area contributed by atoms with Gasteiger partial charge in [0.1, 0.15) is 71.8 Å². The standard InChI is InChI=1S/C40H45N3O18/c1-11-5-17-24(31(50)21(11)37(54)43-18(9-41)38(55)56)23-15(8-16-25(32(23)51)28(47)14-6-13(57-4)7-19(44)22(14)27(16)46)29(48)35(17)60-40-34(53)36(26(42-3)12(2)59-40)61-39-33(52)30(49)20(45)10-58-39/h5-8,12,18,20,26,29-30,33-36,39-40,42,44-45,48-53H,9-10,41H2,1-4H3,(H,43,54)(H,55,56)/t12-,18+,20-,26+,29+,30+,33-,34-,35+,36+,39+,40+/m1/s1. The summed E-state index contributed by atoms with van der Waals surface area (Å²) >= 11 is 0. The maximum atomic E-state index is 14.1. The lowest BCUT2D eigenvalue weighted by molar-refractivity contribution is -0.339. The predicted octanol–water partition coefficient (Wildman–Crippen LogP) is -1.67. The molecule has 0 aromatic heterocycles. The Morgan fingerprint density at radius 1 is 0.869 bits per heavy atom. The fourth-order valence-electron chi connectivity index (χ4n) is 8.42. The van der Waals surface area contributed by atoms with Crippen molar-refractivity contribution in [1.82, 2.24) is 10.6 Å². The Bertz CT molecular complexity index is 2300. The third-order valence-electron chi connectivity index (χ3n) is 11.5. The number of ether oxygens (including phenoxy) is 5. The summed E-state index contributed by atoms with van der Waals surface area (Å²) < 4.78 is 28.9. The number of aliphatic carboxylic acids is 1. The van der Waals surface area contributed by atoms with Gasteiger partial charge >= 0.3 is 5.97 Å². The topological polar surface area (TPSA) is 347 Å². The molecular formula is C40H45N3O18.